The maximum absolute atomic E-state index is 12.2. The van der Waals surface area contributed by atoms with Gasteiger partial charge in [0, 0.05) is 19.3 Å². The minimum absolute atomic E-state index is 0.0349. The van der Waals surface area contributed by atoms with Crippen molar-refractivity contribution in [1.82, 2.24) is 4.90 Å². The predicted molar refractivity (Wildman–Crippen MR) is 69.4 cm³/mol. The fourth-order valence-electron chi connectivity index (χ4n) is 2.87. The molecule has 0 saturated carbocycles. The zero-order valence-electron chi connectivity index (χ0n) is 11.8. The van der Waals surface area contributed by atoms with Crippen LogP contribution in [-0.4, -0.2) is 48.3 Å². The highest BCUT2D eigenvalue weighted by Crippen LogP contribution is 2.27. The molecule has 18 heavy (non-hydrogen) atoms. The minimum Gasteiger partial charge on any atom is -0.459 e. The van der Waals surface area contributed by atoms with Gasteiger partial charge in [-0.05, 0) is 53.0 Å². The van der Waals surface area contributed by atoms with Crippen molar-refractivity contribution in [2.45, 2.75) is 64.1 Å². The SMILES string of the molecule is CC(C)(C)OC(=O)[C@H]1CCCN1C1CCOCC1. The second-order valence-corrected chi connectivity index (χ2v) is 6.27. The van der Waals surface area contributed by atoms with Crippen LogP contribution < -0.4 is 0 Å². The minimum atomic E-state index is -0.388. The summed E-state index contributed by atoms with van der Waals surface area (Å²) in [4.78, 5) is 14.6. The van der Waals surface area contributed by atoms with Crippen molar-refractivity contribution in [3.8, 4) is 0 Å². The summed E-state index contributed by atoms with van der Waals surface area (Å²) in [7, 11) is 0. The van der Waals surface area contributed by atoms with Crippen molar-refractivity contribution < 1.29 is 14.3 Å². The maximum atomic E-state index is 12.2. The van der Waals surface area contributed by atoms with E-state index in [-0.39, 0.29) is 17.6 Å². The molecule has 0 N–H and O–H groups in total. The molecule has 0 spiro atoms. The Labute approximate surface area is 110 Å². The number of hydrogen-bond acceptors (Lipinski definition) is 4. The van der Waals surface area contributed by atoms with Crippen LogP contribution in [0.5, 0.6) is 0 Å². The van der Waals surface area contributed by atoms with E-state index < -0.39 is 0 Å². The van der Waals surface area contributed by atoms with Crippen LogP contribution in [0.25, 0.3) is 0 Å². The molecule has 104 valence electrons. The van der Waals surface area contributed by atoms with Gasteiger partial charge >= 0.3 is 5.97 Å². The van der Waals surface area contributed by atoms with Crippen LogP contribution in [0.1, 0.15) is 46.5 Å². The van der Waals surface area contributed by atoms with Crippen molar-refractivity contribution in [2.24, 2.45) is 0 Å². The summed E-state index contributed by atoms with van der Waals surface area (Å²) in [5.41, 5.74) is -0.388. The van der Waals surface area contributed by atoms with Crippen molar-refractivity contribution in [2.75, 3.05) is 19.8 Å². The monoisotopic (exact) mass is 255 g/mol. The fourth-order valence-corrected chi connectivity index (χ4v) is 2.87. The van der Waals surface area contributed by atoms with E-state index in [9.17, 15) is 4.79 Å². The van der Waals surface area contributed by atoms with Gasteiger partial charge in [-0.15, -0.1) is 0 Å². The van der Waals surface area contributed by atoms with Gasteiger partial charge in [-0.25, -0.2) is 0 Å². The van der Waals surface area contributed by atoms with Gasteiger partial charge in [0.2, 0.25) is 0 Å². The van der Waals surface area contributed by atoms with Gasteiger partial charge in [-0.1, -0.05) is 0 Å². The van der Waals surface area contributed by atoms with Gasteiger partial charge in [0.25, 0.3) is 0 Å². The number of rotatable bonds is 2. The molecule has 2 saturated heterocycles. The van der Waals surface area contributed by atoms with E-state index >= 15 is 0 Å². The molecule has 0 unspecified atom stereocenters. The van der Waals surface area contributed by atoms with Crippen LogP contribution in [0.15, 0.2) is 0 Å². The van der Waals surface area contributed by atoms with E-state index in [1.54, 1.807) is 0 Å². The van der Waals surface area contributed by atoms with Crippen molar-refractivity contribution >= 4 is 5.97 Å². The molecular weight excluding hydrogens is 230 g/mol. The summed E-state index contributed by atoms with van der Waals surface area (Å²) in [6.45, 7) is 8.45. The lowest BCUT2D eigenvalue weighted by Crippen LogP contribution is -2.47. The first-order chi connectivity index (χ1) is 8.47. The van der Waals surface area contributed by atoms with Crippen molar-refractivity contribution in [1.29, 1.82) is 0 Å². The summed E-state index contributed by atoms with van der Waals surface area (Å²) in [5, 5.41) is 0. The quantitative estimate of drug-likeness (QED) is 0.707. The highest BCUT2D eigenvalue weighted by Gasteiger charge is 2.38. The van der Waals surface area contributed by atoms with E-state index in [2.05, 4.69) is 4.90 Å². The van der Waals surface area contributed by atoms with E-state index in [0.717, 1.165) is 45.4 Å². The number of esters is 1. The van der Waals surface area contributed by atoms with Crippen LogP contribution >= 0.6 is 0 Å². The van der Waals surface area contributed by atoms with Crippen LogP contribution in [-0.2, 0) is 14.3 Å². The summed E-state index contributed by atoms with van der Waals surface area (Å²) in [6.07, 6.45) is 4.12. The Hall–Kier alpha value is -0.610. The maximum Gasteiger partial charge on any atom is 0.323 e. The Balaban J connectivity index is 1.96. The smallest absolute Gasteiger partial charge is 0.323 e. The first-order valence-corrected chi connectivity index (χ1v) is 7.04. The molecule has 0 aliphatic carbocycles. The molecule has 2 aliphatic heterocycles. The van der Waals surface area contributed by atoms with Crippen LogP contribution in [0, 0.1) is 0 Å². The van der Waals surface area contributed by atoms with Crippen LogP contribution in [0.3, 0.4) is 0 Å². The number of carbonyl (C=O) groups excluding carboxylic acids is 1. The first kappa shape index (κ1) is 13.8. The lowest BCUT2D eigenvalue weighted by molar-refractivity contribution is -0.161. The van der Waals surface area contributed by atoms with Crippen molar-refractivity contribution in [3.63, 3.8) is 0 Å². The zero-order chi connectivity index (χ0) is 13.2. The normalized spacial score (nSPS) is 27.4. The third-order valence-electron chi connectivity index (χ3n) is 3.63. The molecule has 0 aromatic rings. The summed E-state index contributed by atoms with van der Waals surface area (Å²) >= 11 is 0. The van der Waals surface area contributed by atoms with Gasteiger partial charge < -0.3 is 9.47 Å². The molecule has 0 bridgehead atoms. The van der Waals surface area contributed by atoms with E-state index in [1.807, 2.05) is 20.8 Å². The van der Waals surface area contributed by atoms with Gasteiger partial charge in [0.15, 0.2) is 0 Å². The van der Waals surface area contributed by atoms with E-state index in [1.165, 1.54) is 0 Å². The number of carbonyl (C=O) groups is 1. The predicted octanol–water partition coefficient (Wildman–Crippen LogP) is 1.97. The zero-order valence-corrected chi connectivity index (χ0v) is 11.8. The molecule has 2 aliphatic rings. The lowest BCUT2D eigenvalue weighted by atomic mass is 10.1. The molecule has 4 heteroatoms. The van der Waals surface area contributed by atoms with Gasteiger partial charge in [0.05, 0.1) is 0 Å². The molecule has 4 nitrogen and oxygen atoms in total. The van der Waals surface area contributed by atoms with E-state index in [4.69, 9.17) is 9.47 Å². The van der Waals surface area contributed by atoms with E-state index in [0.29, 0.717) is 6.04 Å². The molecule has 0 aromatic heterocycles. The lowest BCUT2D eigenvalue weighted by Gasteiger charge is -2.35. The molecular formula is C14H25NO3. The second-order valence-electron chi connectivity index (χ2n) is 6.27. The highest BCUT2D eigenvalue weighted by atomic mass is 16.6. The largest absolute Gasteiger partial charge is 0.459 e. The van der Waals surface area contributed by atoms with Gasteiger partial charge in [-0.2, -0.15) is 0 Å². The molecule has 2 fully saturated rings. The van der Waals surface area contributed by atoms with Gasteiger partial charge in [0.1, 0.15) is 11.6 Å². The Morgan fingerprint density at radius 1 is 1.22 bits per heavy atom. The van der Waals surface area contributed by atoms with Crippen LogP contribution in [0.4, 0.5) is 0 Å². The molecule has 0 radical (unpaired) electrons. The number of nitrogens with zero attached hydrogens (tertiary/aromatic N) is 1. The average Bonchev–Trinajstić information content (AvgIpc) is 2.76. The Morgan fingerprint density at radius 3 is 2.50 bits per heavy atom. The Bertz CT molecular complexity index is 292. The number of likely N-dealkylation sites (tertiary alicyclic amines) is 1. The summed E-state index contributed by atoms with van der Waals surface area (Å²) in [5.74, 6) is -0.0495. The number of ether oxygens (including phenoxy) is 2. The Morgan fingerprint density at radius 2 is 1.89 bits per heavy atom. The topological polar surface area (TPSA) is 38.8 Å². The third-order valence-corrected chi connectivity index (χ3v) is 3.63. The third kappa shape index (κ3) is 3.45. The highest BCUT2D eigenvalue weighted by molar-refractivity contribution is 5.76. The first-order valence-electron chi connectivity index (χ1n) is 7.04. The fraction of sp³-hybridized carbons (Fsp3) is 0.929. The van der Waals surface area contributed by atoms with Crippen molar-refractivity contribution in [3.05, 3.63) is 0 Å². The standard InChI is InChI=1S/C14H25NO3/c1-14(2,3)18-13(16)12-5-4-8-15(12)11-6-9-17-10-7-11/h11-12H,4-10H2,1-3H3/t12-/m1/s1. The van der Waals surface area contributed by atoms with Crippen LogP contribution in [0.2, 0.25) is 0 Å². The average molecular weight is 255 g/mol. The molecule has 1 atom stereocenters. The summed E-state index contributed by atoms with van der Waals surface area (Å²) < 4.78 is 10.9. The molecule has 0 amide bonds. The second kappa shape index (κ2) is 5.57. The number of hydrogen-bond donors (Lipinski definition) is 0. The Kier molecular flexibility index (Phi) is 4.28. The molecule has 2 rings (SSSR count). The summed E-state index contributed by atoms with van der Waals surface area (Å²) in [6, 6.07) is 0.464. The van der Waals surface area contributed by atoms with Gasteiger partial charge in [-0.3, -0.25) is 9.69 Å². The molecule has 2 heterocycles. The molecule has 0 aromatic carbocycles.